The van der Waals surface area contributed by atoms with Gasteiger partial charge in [0.25, 0.3) is 0 Å². The first-order valence-corrected chi connectivity index (χ1v) is 4.58. The number of likely N-dealkylation sites (N-methyl/N-ethyl adjacent to an activating group) is 1. The third-order valence-electron chi connectivity index (χ3n) is 1.97. The predicted octanol–water partition coefficient (Wildman–Crippen LogP) is 0.242. The highest BCUT2D eigenvalue weighted by molar-refractivity contribution is 5.77. The highest BCUT2D eigenvalue weighted by Gasteiger charge is 2.05. The Morgan fingerprint density at radius 2 is 2.50 bits per heavy atom. The minimum atomic E-state index is 0.0796. The Morgan fingerprint density at radius 1 is 1.71 bits per heavy atom. The smallest absolute Gasteiger partial charge is 0.236 e. The highest BCUT2D eigenvalue weighted by atomic mass is 16.5. The van der Waals surface area contributed by atoms with E-state index in [9.17, 15) is 4.79 Å². The summed E-state index contributed by atoms with van der Waals surface area (Å²) in [5.41, 5.74) is 0.803. The molecule has 0 aromatic carbocycles. The molecule has 1 heterocycles. The van der Waals surface area contributed by atoms with Crippen LogP contribution >= 0.6 is 0 Å². The number of rotatable bonds is 5. The summed E-state index contributed by atoms with van der Waals surface area (Å²) < 4.78 is 4.66. The van der Waals surface area contributed by atoms with Crippen molar-refractivity contribution in [2.75, 3.05) is 20.1 Å². The highest BCUT2D eigenvalue weighted by Crippen LogP contribution is 1.92. The van der Waals surface area contributed by atoms with Crippen molar-refractivity contribution in [3.63, 3.8) is 0 Å². The summed E-state index contributed by atoms with van der Waals surface area (Å²) in [6.45, 7) is 3.55. The third-order valence-corrected chi connectivity index (χ3v) is 1.97. The van der Waals surface area contributed by atoms with Gasteiger partial charge in [0, 0.05) is 26.2 Å². The van der Waals surface area contributed by atoms with Crippen LogP contribution in [0.25, 0.3) is 0 Å². The van der Waals surface area contributed by atoms with Crippen molar-refractivity contribution >= 4 is 5.91 Å². The average molecular weight is 197 g/mol. The molecule has 0 aliphatic heterocycles. The van der Waals surface area contributed by atoms with Crippen molar-refractivity contribution in [2.24, 2.45) is 0 Å². The van der Waals surface area contributed by atoms with Gasteiger partial charge in [0.05, 0.1) is 12.2 Å². The molecule has 0 bridgehead atoms. The minimum Gasteiger partial charge on any atom is -0.364 e. The van der Waals surface area contributed by atoms with E-state index in [4.69, 9.17) is 0 Å². The first kappa shape index (κ1) is 10.7. The molecule has 78 valence electrons. The largest absolute Gasteiger partial charge is 0.364 e. The van der Waals surface area contributed by atoms with E-state index in [-0.39, 0.29) is 5.91 Å². The number of carbonyl (C=O) groups is 1. The standard InChI is InChI=1S/C9H15N3O2/c1-3-12(2)9(13)7-10-6-8-4-5-14-11-8/h4-5,10H,3,6-7H2,1-2H3. The fraction of sp³-hybridized carbons (Fsp3) is 0.556. The van der Waals surface area contributed by atoms with Gasteiger partial charge < -0.3 is 14.7 Å². The van der Waals surface area contributed by atoms with E-state index >= 15 is 0 Å². The van der Waals surface area contributed by atoms with Crippen LogP contribution in [0, 0.1) is 0 Å². The van der Waals surface area contributed by atoms with Crippen LogP contribution in [0.2, 0.25) is 0 Å². The SMILES string of the molecule is CCN(C)C(=O)CNCc1ccon1. The monoisotopic (exact) mass is 197 g/mol. The van der Waals surface area contributed by atoms with E-state index in [2.05, 4.69) is 15.0 Å². The Bertz CT molecular complexity index is 272. The maximum atomic E-state index is 11.3. The van der Waals surface area contributed by atoms with Crippen LogP contribution < -0.4 is 5.32 Å². The average Bonchev–Trinajstić information content (AvgIpc) is 2.69. The van der Waals surface area contributed by atoms with Crippen molar-refractivity contribution in [3.05, 3.63) is 18.0 Å². The van der Waals surface area contributed by atoms with Crippen LogP contribution in [0.5, 0.6) is 0 Å². The zero-order valence-corrected chi connectivity index (χ0v) is 8.49. The Kier molecular flexibility index (Phi) is 4.12. The van der Waals surface area contributed by atoms with Crippen molar-refractivity contribution in [3.8, 4) is 0 Å². The molecule has 1 rings (SSSR count). The molecule has 5 nitrogen and oxygen atoms in total. The van der Waals surface area contributed by atoms with E-state index in [0.717, 1.165) is 12.2 Å². The molecule has 1 N–H and O–H groups in total. The summed E-state index contributed by atoms with van der Waals surface area (Å²) in [6, 6.07) is 1.76. The maximum Gasteiger partial charge on any atom is 0.236 e. The molecule has 0 unspecified atom stereocenters. The molecule has 0 atom stereocenters. The van der Waals surface area contributed by atoms with Gasteiger partial charge in [0.15, 0.2) is 0 Å². The Hall–Kier alpha value is -1.36. The van der Waals surface area contributed by atoms with Crippen LogP contribution in [-0.2, 0) is 11.3 Å². The molecule has 0 saturated carbocycles. The van der Waals surface area contributed by atoms with Crippen LogP contribution in [0.15, 0.2) is 16.9 Å². The van der Waals surface area contributed by atoms with E-state index in [1.54, 1.807) is 18.0 Å². The topological polar surface area (TPSA) is 58.4 Å². The third kappa shape index (κ3) is 3.18. The van der Waals surface area contributed by atoms with Gasteiger partial charge in [-0.05, 0) is 6.92 Å². The number of nitrogens with zero attached hydrogens (tertiary/aromatic N) is 2. The molecule has 0 aliphatic carbocycles. The molecule has 0 radical (unpaired) electrons. The van der Waals surface area contributed by atoms with Gasteiger partial charge in [-0.15, -0.1) is 0 Å². The second-order valence-corrected chi connectivity index (χ2v) is 3.00. The Labute approximate surface area is 83.1 Å². The van der Waals surface area contributed by atoms with Gasteiger partial charge in [0.2, 0.25) is 5.91 Å². The number of nitrogens with one attached hydrogen (secondary N) is 1. The second-order valence-electron chi connectivity index (χ2n) is 3.00. The van der Waals surface area contributed by atoms with Crippen molar-refractivity contribution < 1.29 is 9.32 Å². The van der Waals surface area contributed by atoms with Gasteiger partial charge in [-0.1, -0.05) is 5.16 Å². The van der Waals surface area contributed by atoms with Crippen LogP contribution in [0.4, 0.5) is 0 Å². The number of hydrogen-bond donors (Lipinski definition) is 1. The first-order valence-electron chi connectivity index (χ1n) is 4.58. The van der Waals surface area contributed by atoms with Crippen LogP contribution in [-0.4, -0.2) is 36.1 Å². The lowest BCUT2D eigenvalue weighted by molar-refractivity contribution is -0.128. The summed E-state index contributed by atoms with van der Waals surface area (Å²) in [5, 5.41) is 6.70. The molecule has 1 aromatic heterocycles. The molecule has 0 spiro atoms. The molecule has 1 amide bonds. The van der Waals surface area contributed by atoms with Crippen molar-refractivity contribution in [2.45, 2.75) is 13.5 Å². The molecular weight excluding hydrogens is 182 g/mol. The van der Waals surface area contributed by atoms with Crippen molar-refractivity contribution in [1.82, 2.24) is 15.4 Å². The van der Waals surface area contributed by atoms with E-state index in [1.165, 1.54) is 6.26 Å². The summed E-state index contributed by atoms with van der Waals surface area (Å²) in [5.74, 6) is 0.0796. The molecule has 0 fully saturated rings. The van der Waals surface area contributed by atoms with E-state index < -0.39 is 0 Å². The fourth-order valence-corrected chi connectivity index (χ4v) is 0.938. The Morgan fingerprint density at radius 3 is 3.07 bits per heavy atom. The zero-order chi connectivity index (χ0) is 10.4. The number of carbonyl (C=O) groups excluding carboxylic acids is 1. The first-order chi connectivity index (χ1) is 6.74. The second kappa shape index (κ2) is 5.39. The lowest BCUT2D eigenvalue weighted by Crippen LogP contribution is -2.35. The normalized spacial score (nSPS) is 10.1. The molecule has 5 heteroatoms. The maximum absolute atomic E-state index is 11.3. The quantitative estimate of drug-likeness (QED) is 0.734. The van der Waals surface area contributed by atoms with Gasteiger partial charge in [0.1, 0.15) is 6.26 Å². The summed E-state index contributed by atoms with van der Waals surface area (Å²) >= 11 is 0. The van der Waals surface area contributed by atoms with Gasteiger partial charge in [-0.3, -0.25) is 4.79 Å². The number of hydrogen-bond acceptors (Lipinski definition) is 4. The lowest BCUT2D eigenvalue weighted by atomic mass is 10.4. The number of amides is 1. The van der Waals surface area contributed by atoms with E-state index in [1.807, 2.05) is 6.92 Å². The minimum absolute atomic E-state index is 0.0796. The summed E-state index contributed by atoms with van der Waals surface area (Å²) in [4.78, 5) is 13.0. The Balaban J connectivity index is 2.18. The summed E-state index contributed by atoms with van der Waals surface area (Å²) in [6.07, 6.45) is 1.51. The van der Waals surface area contributed by atoms with Gasteiger partial charge in [-0.25, -0.2) is 0 Å². The van der Waals surface area contributed by atoms with E-state index in [0.29, 0.717) is 13.1 Å². The van der Waals surface area contributed by atoms with Crippen molar-refractivity contribution in [1.29, 1.82) is 0 Å². The molecule has 14 heavy (non-hydrogen) atoms. The van der Waals surface area contributed by atoms with Crippen LogP contribution in [0.1, 0.15) is 12.6 Å². The van der Waals surface area contributed by atoms with Gasteiger partial charge in [-0.2, -0.15) is 0 Å². The summed E-state index contributed by atoms with van der Waals surface area (Å²) in [7, 11) is 1.78. The van der Waals surface area contributed by atoms with Crippen LogP contribution in [0.3, 0.4) is 0 Å². The fourth-order valence-electron chi connectivity index (χ4n) is 0.938. The number of aromatic nitrogens is 1. The molecule has 0 saturated heterocycles. The molecule has 1 aromatic rings. The lowest BCUT2D eigenvalue weighted by Gasteiger charge is -2.14. The predicted molar refractivity (Wildman–Crippen MR) is 51.5 cm³/mol. The zero-order valence-electron chi connectivity index (χ0n) is 8.49. The van der Waals surface area contributed by atoms with Gasteiger partial charge >= 0.3 is 0 Å². The molecule has 0 aliphatic rings. The molecular formula is C9H15N3O2.